The predicted molar refractivity (Wildman–Crippen MR) is 82.9 cm³/mol. The zero-order valence-electron chi connectivity index (χ0n) is 11.2. The molecule has 1 heterocycles. The summed E-state index contributed by atoms with van der Waals surface area (Å²) in [4.78, 5) is 2.48. The van der Waals surface area contributed by atoms with Crippen LogP contribution in [0, 0.1) is 5.82 Å². The quantitative estimate of drug-likeness (QED) is 0.770. The van der Waals surface area contributed by atoms with Gasteiger partial charge < -0.3 is 0 Å². The molecule has 1 aliphatic heterocycles. The lowest BCUT2D eigenvalue weighted by Crippen LogP contribution is -2.22. The predicted octanol–water partition coefficient (Wildman–Crippen LogP) is 4.93. The van der Waals surface area contributed by atoms with E-state index in [4.69, 9.17) is 0 Å². The lowest BCUT2D eigenvalue weighted by molar-refractivity contribution is 0.248. The van der Waals surface area contributed by atoms with E-state index in [1.54, 1.807) is 12.1 Å². The fourth-order valence-electron chi connectivity index (χ4n) is 2.90. The molecule has 0 amide bonds. The topological polar surface area (TPSA) is 3.24 Å². The summed E-state index contributed by atoms with van der Waals surface area (Å²) in [6, 6.07) is 15.8. The minimum Gasteiger partial charge on any atom is -0.292 e. The van der Waals surface area contributed by atoms with Crippen molar-refractivity contribution in [3.05, 3.63) is 69.9 Å². The number of likely N-dealkylation sites (tertiary alicyclic amines) is 1. The lowest BCUT2D eigenvalue weighted by atomic mass is 10.0. The molecule has 3 heteroatoms. The van der Waals surface area contributed by atoms with Crippen molar-refractivity contribution in [2.24, 2.45) is 0 Å². The van der Waals surface area contributed by atoms with Crippen LogP contribution in [-0.2, 0) is 6.54 Å². The van der Waals surface area contributed by atoms with E-state index in [1.165, 1.54) is 17.5 Å². The molecule has 0 aromatic heterocycles. The zero-order chi connectivity index (χ0) is 13.9. The molecule has 0 aliphatic carbocycles. The number of halogens is 2. The van der Waals surface area contributed by atoms with Crippen molar-refractivity contribution in [3.8, 4) is 0 Å². The van der Waals surface area contributed by atoms with Crippen LogP contribution in [0.2, 0.25) is 0 Å². The van der Waals surface area contributed by atoms with Gasteiger partial charge in [0.25, 0.3) is 0 Å². The van der Waals surface area contributed by atoms with Gasteiger partial charge in [0.2, 0.25) is 0 Å². The Morgan fingerprint density at radius 3 is 2.45 bits per heavy atom. The molecule has 1 fully saturated rings. The lowest BCUT2D eigenvalue weighted by Gasteiger charge is -2.25. The Bertz CT molecular complexity index is 565. The molecule has 0 bridgehead atoms. The molecule has 2 aromatic carbocycles. The molecule has 20 heavy (non-hydrogen) atoms. The first kappa shape index (κ1) is 13.8. The van der Waals surface area contributed by atoms with Gasteiger partial charge in [0.05, 0.1) is 0 Å². The molecule has 104 valence electrons. The van der Waals surface area contributed by atoms with Crippen LogP contribution in [0.15, 0.2) is 53.0 Å². The van der Waals surface area contributed by atoms with Crippen molar-refractivity contribution >= 4 is 15.9 Å². The van der Waals surface area contributed by atoms with Crippen LogP contribution in [0.1, 0.15) is 30.0 Å². The van der Waals surface area contributed by atoms with E-state index in [9.17, 15) is 4.39 Å². The van der Waals surface area contributed by atoms with E-state index in [-0.39, 0.29) is 5.82 Å². The Balaban J connectivity index is 1.75. The first-order valence-corrected chi connectivity index (χ1v) is 7.75. The van der Waals surface area contributed by atoms with E-state index >= 15 is 0 Å². The summed E-state index contributed by atoms with van der Waals surface area (Å²) in [6.07, 6.45) is 2.36. The number of hydrogen-bond acceptors (Lipinski definition) is 1. The maximum Gasteiger partial charge on any atom is 0.123 e. The van der Waals surface area contributed by atoms with Gasteiger partial charge in [-0.3, -0.25) is 4.90 Å². The highest BCUT2D eigenvalue weighted by atomic mass is 79.9. The molecule has 2 aromatic rings. The average molecular weight is 334 g/mol. The number of hydrogen-bond donors (Lipinski definition) is 0. The highest BCUT2D eigenvalue weighted by molar-refractivity contribution is 9.10. The van der Waals surface area contributed by atoms with Crippen molar-refractivity contribution in [3.63, 3.8) is 0 Å². The van der Waals surface area contributed by atoms with Crippen LogP contribution < -0.4 is 0 Å². The first-order chi connectivity index (χ1) is 9.72. The number of rotatable bonds is 3. The standard InChI is InChI=1S/C17H17BrFN/c18-15-7-3-13(4-8-15)12-20-11-1-2-17(20)14-5-9-16(19)10-6-14/h3-10,17H,1-2,11-12H2/t17-/m1/s1. The minimum atomic E-state index is -0.161. The molecule has 0 N–H and O–H groups in total. The molecule has 1 saturated heterocycles. The maximum absolute atomic E-state index is 13.0. The van der Waals surface area contributed by atoms with Crippen molar-refractivity contribution < 1.29 is 4.39 Å². The molecular formula is C17H17BrFN. The van der Waals surface area contributed by atoms with Crippen molar-refractivity contribution in [2.45, 2.75) is 25.4 Å². The van der Waals surface area contributed by atoms with Gasteiger partial charge in [-0.05, 0) is 54.8 Å². The highest BCUT2D eigenvalue weighted by Gasteiger charge is 2.25. The fourth-order valence-corrected chi connectivity index (χ4v) is 3.17. The van der Waals surface area contributed by atoms with Gasteiger partial charge >= 0.3 is 0 Å². The van der Waals surface area contributed by atoms with E-state index in [2.05, 4.69) is 45.1 Å². The molecule has 0 saturated carbocycles. The third-order valence-corrected chi connectivity index (χ3v) is 4.45. The molecule has 1 nitrogen and oxygen atoms in total. The van der Waals surface area contributed by atoms with Crippen LogP contribution in [0.25, 0.3) is 0 Å². The highest BCUT2D eigenvalue weighted by Crippen LogP contribution is 2.33. The fraction of sp³-hybridized carbons (Fsp3) is 0.294. The van der Waals surface area contributed by atoms with E-state index in [1.807, 2.05) is 12.1 Å². The van der Waals surface area contributed by atoms with Gasteiger partial charge in [-0.2, -0.15) is 0 Å². The Kier molecular flexibility index (Phi) is 4.18. The Morgan fingerprint density at radius 2 is 1.75 bits per heavy atom. The molecule has 3 rings (SSSR count). The van der Waals surface area contributed by atoms with Gasteiger partial charge in [0.1, 0.15) is 5.82 Å². The van der Waals surface area contributed by atoms with E-state index in [0.29, 0.717) is 6.04 Å². The summed E-state index contributed by atoms with van der Waals surface area (Å²) in [5, 5.41) is 0. The second kappa shape index (κ2) is 6.06. The van der Waals surface area contributed by atoms with Crippen LogP contribution >= 0.6 is 15.9 Å². The second-order valence-electron chi connectivity index (χ2n) is 5.31. The number of nitrogens with zero attached hydrogens (tertiary/aromatic N) is 1. The second-order valence-corrected chi connectivity index (χ2v) is 6.22. The third-order valence-electron chi connectivity index (χ3n) is 3.92. The molecule has 0 spiro atoms. The van der Waals surface area contributed by atoms with Crippen molar-refractivity contribution in [1.82, 2.24) is 4.90 Å². The largest absolute Gasteiger partial charge is 0.292 e. The molecule has 0 radical (unpaired) electrons. The third kappa shape index (κ3) is 3.10. The summed E-state index contributed by atoms with van der Waals surface area (Å²) < 4.78 is 14.1. The summed E-state index contributed by atoms with van der Waals surface area (Å²) >= 11 is 3.46. The van der Waals surface area contributed by atoms with Crippen molar-refractivity contribution in [2.75, 3.05) is 6.54 Å². The maximum atomic E-state index is 13.0. The van der Waals surface area contributed by atoms with Gasteiger partial charge in [-0.25, -0.2) is 4.39 Å². The zero-order valence-corrected chi connectivity index (χ0v) is 12.8. The van der Waals surface area contributed by atoms with Gasteiger partial charge in [-0.15, -0.1) is 0 Å². The van der Waals surface area contributed by atoms with E-state index in [0.717, 1.165) is 24.0 Å². The monoisotopic (exact) mass is 333 g/mol. The van der Waals surface area contributed by atoms with Crippen LogP contribution in [0.4, 0.5) is 4.39 Å². The Labute approximate surface area is 127 Å². The van der Waals surface area contributed by atoms with Gasteiger partial charge in [-0.1, -0.05) is 40.2 Å². The van der Waals surface area contributed by atoms with Crippen LogP contribution in [-0.4, -0.2) is 11.4 Å². The Hall–Kier alpha value is -1.19. The normalized spacial score (nSPS) is 19.4. The average Bonchev–Trinajstić information content (AvgIpc) is 2.90. The molecular weight excluding hydrogens is 317 g/mol. The van der Waals surface area contributed by atoms with Crippen LogP contribution in [0.5, 0.6) is 0 Å². The first-order valence-electron chi connectivity index (χ1n) is 6.96. The summed E-state index contributed by atoms with van der Waals surface area (Å²) in [5.41, 5.74) is 2.54. The van der Waals surface area contributed by atoms with E-state index < -0.39 is 0 Å². The minimum absolute atomic E-state index is 0.161. The molecule has 1 aliphatic rings. The summed E-state index contributed by atoms with van der Waals surface area (Å²) in [7, 11) is 0. The van der Waals surface area contributed by atoms with Gasteiger partial charge in [0, 0.05) is 17.1 Å². The SMILES string of the molecule is Fc1ccc([C@H]2CCCN2Cc2ccc(Br)cc2)cc1. The van der Waals surface area contributed by atoms with Crippen molar-refractivity contribution in [1.29, 1.82) is 0 Å². The summed E-state index contributed by atoms with van der Waals surface area (Å²) in [5.74, 6) is -0.161. The Morgan fingerprint density at radius 1 is 1.05 bits per heavy atom. The molecule has 0 unspecified atom stereocenters. The van der Waals surface area contributed by atoms with Gasteiger partial charge in [0.15, 0.2) is 0 Å². The molecule has 1 atom stereocenters. The number of benzene rings is 2. The summed E-state index contributed by atoms with van der Waals surface area (Å²) in [6.45, 7) is 2.06. The van der Waals surface area contributed by atoms with Crippen LogP contribution in [0.3, 0.4) is 0 Å². The smallest absolute Gasteiger partial charge is 0.123 e.